The van der Waals surface area contributed by atoms with Crippen molar-refractivity contribution < 1.29 is 19.8 Å². The number of nitrogens with zero attached hydrogens (tertiary/aromatic N) is 4. The van der Waals surface area contributed by atoms with Crippen LogP contribution in [0, 0.1) is 0 Å². The number of aliphatic hydroxyl groups is 1. The van der Waals surface area contributed by atoms with Gasteiger partial charge in [-0.15, -0.1) is 0 Å². The standard InChI is InChI=1S/C12H18N4O4/c1-14-4-3-13-10(14)7-15(2)12(20)16-6-8(17)5-9(16)11(18)19/h3-4,8-9,17H,5-7H2,1-2H3,(H,18,19)/t8-,9+/m1/s1. The Morgan fingerprint density at radius 1 is 1.55 bits per heavy atom. The Morgan fingerprint density at radius 2 is 2.25 bits per heavy atom. The quantitative estimate of drug-likeness (QED) is 0.778. The van der Waals surface area contributed by atoms with Gasteiger partial charge in [-0.2, -0.15) is 0 Å². The van der Waals surface area contributed by atoms with Gasteiger partial charge in [0.05, 0.1) is 12.6 Å². The van der Waals surface area contributed by atoms with Gasteiger partial charge in [-0.1, -0.05) is 0 Å². The molecule has 2 amide bonds. The third-order valence-corrected chi connectivity index (χ3v) is 3.44. The highest BCUT2D eigenvalue weighted by Gasteiger charge is 2.40. The molecule has 1 aromatic rings. The molecule has 1 fully saturated rings. The summed E-state index contributed by atoms with van der Waals surface area (Å²) < 4.78 is 1.79. The smallest absolute Gasteiger partial charge is 0.326 e. The first-order chi connectivity index (χ1) is 9.40. The van der Waals surface area contributed by atoms with Crippen LogP contribution >= 0.6 is 0 Å². The maximum atomic E-state index is 12.3. The molecule has 1 aliphatic heterocycles. The second-order valence-electron chi connectivity index (χ2n) is 4.99. The lowest BCUT2D eigenvalue weighted by molar-refractivity contribution is -0.141. The maximum absolute atomic E-state index is 12.3. The number of β-amino-alcohol motifs (C(OH)–C–C–N with tert-alkyl or cyclic N) is 1. The number of hydrogen-bond donors (Lipinski definition) is 2. The molecule has 0 aromatic carbocycles. The summed E-state index contributed by atoms with van der Waals surface area (Å²) >= 11 is 0. The zero-order chi connectivity index (χ0) is 14.9. The number of aliphatic carboxylic acids is 1. The van der Waals surface area contributed by atoms with Crippen LogP contribution in [0.25, 0.3) is 0 Å². The van der Waals surface area contributed by atoms with E-state index >= 15 is 0 Å². The minimum atomic E-state index is -1.10. The third-order valence-electron chi connectivity index (χ3n) is 3.44. The van der Waals surface area contributed by atoms with Gasteiger partial charge >= 0.3 is 12.0 Å². The number of urea groups is 1. The lowest BCUT2D eigenvalue weighted by Crippen LogP contribution is -2.46. The highest BCUT2D eigenvalue weighted by Crippen LogP contribution is 2.20. The number of imidazole rings is 1. The summed E-state index contributed by atoms with van der Waals surface area (Å²) in [5, 5.41) is 18.7. The summed E-state index contributed by atoms with van der Waals surface area (Å²) in [5.41, 5.74) is 0. The van der Waals surface area contributed by atoms with Gasteiger partial charge in [0.1, 0.15) is 11.9 Å². The van der Waals surface area contributed by atoms with Crippen molar-refractivity contribution in [2.24, 2.45) is 7.05 Å². The fourth-order valence-electron chi connectivity index (χ4n) is 2.31. The van der Waals surface area contributed by atoms with E-state index in [1.54, 1.807) is 24.0 Å². The summed E-state index contributed by atoms with van der Waals surface area (Å²) in [5.74, 6) is -0.396. The third kappa shape index (κ3) is 2.74. The average Bonchev–Trinajstić information content (AvgIpc) is 2.95. The van der Waals surface area contributed by atoms with E-state index in [-0.39, 0.29) is 19.5 Å². The Labute approximate surface area is 116 Å². The molecule has 0 saturated carbocycles. The van der Waals surface area contributed by atoms with Gasteiger partial charge < -0.3 is 24.6 Å². The Hall–Kier alpha value is -2.09. The van der Waals surface area contributed by atoms with Crippen LogP contribution in [0.15, 0.2) is 12.4 Å². The van der Waals surface area contributed by atoms with Crippen molar-refractivity contribution in [3.63, 3.8) is 0 Å². The number of rotatable bonds is 3. The Kier molecular flexibility index (Phi) is 3.93. The van der Waals surface area contributed by atoms with E-state index < -0.39 is 24.1 Å². The van der Waals surface area contributed by atoms with Crippen LogP contribution in [0.4, 0.5) is 4.79 Å². The van der Waals surface area contributed by atoms with Crippen molar-refractivity contribution in [2.45, 2.75) is 25.1 Å². The fraction of sp³-hybridized carbons (Fsp3) is 0.583. The van der Waals surface area contributed by atoms with Crippen molar-refractivity contribution in [2.75, 3.05) is 13.6 Å². The van der Waals surface area contributed by atoms with Crippen molar-refractivity contribution in [3.05, 3.63) is 18.2 Å². The van der Waals surface area contributed by atoms with E-state index in [4.69, 9.17) is 5.11 Å². The molecule has 8 nitrogen and oxygen atoms in total. The number of aryl methyl sites for hydroxylation is 1. The van der Waals surface area contributed by atoms with Crippen LogP contribution in [0.1, 0.15) is 12.2 Å². The van der Waals surface area contributed by atoms with Gasteiger partial charge in [0.15, 0.2) is 0 Å². The van der Waals surface area contributed by atoms with Gasteiger partial charge in [0, 0.05) is 39.5 Å². The molecular formula is C12H18N4O4. The molecule has 0 aliphatic carbocycles. The van der Waals surface area contributed by atoms with Crippen molar-refractivity contribution >= 4 is 12.0 Å². The molecule has 20 heavy (non-hydrogen) atoms. The minimum Gasteiger partial charge on any atom is -0.480 e. The van der Waals surface area contributed by atoms with E-state index in [2.05, 4.69) is 4.98 Å². The number of amides is 2. The fourth-order valence-corrected chi connectivity index (χ4v) is 2.31. The van der Waals surface area contributed by atoms with Crippen LogP contribution in [0.3, 0.4) is 0 Å². The molecule has 1 aromatic heterocycles. The number of carboxylic acids is 1. The molecule has 1 saturated heterocycles. The Balaban J connectivity index is 2.06. The first kappa shape index (κ1) is 14.3. The highest BCUT2D eigenvalue weighted by molar-refractivity contribution is 5.83. The second kappa shape index (κ2) is 5.49. The number of likely N-dealkylation sites (tertiary alicyclic amines) is 1. The number of aliphatic hydroxyl groups excluding tert-OH is 1. The van der Waals surface area contributed by atoms with Gasteiger partial charge in [0.2, 0.25) is 0 Å². The van der Waals surface area contributed by atoms with Crippen LogP contribution in [0.2, 0.25) is 0 Å². The zero-order valence-corrected chi connectivity index (χ0v) is 11.4. The Morgan fingerprint density at radius 3 is 2.80 bits per heavy atom. The summed E-state index contributed by atoms with van der Waals surface area (Å²) in [7, 11) is 3.40. The van der Waals surface area contributed by atoms with Crippen LogP contribution in [-0.2, 0) is 18.4 Å². The lowest BCUT2D eigenvalue weighted by Gasteiger charge is -2.27. The molecule has 0 radical (unpaired) electrons. The minimum absolute atomic E-state index is 0.0424. The highest BCUT2D eigenvalue weighted by atomic mass is 16.4. The number of aromatic nitrogens is 2. The first-order valence-electron chi connectivity index (χ1n) is 6.29. The van der Waals surface area contributed by atoms with Gasteiger partial charge in [-0.25, -0.2) is 14.6 Å². The zero-order valence-electron chi connectivity index (χ0n) is 11.4. The summed E-state index contributed by atoms with van der Waals surface area (Å²) in [4.78, 5) is 30.1. The van der Waals surface area contributed by atoms with E-state index in [0.717, 1.165) is 0 Å². The van der Waals surface area contributed by atoms with Gasteiger partial charge in [-0.05, 0) is 0 Å². The predicted octanol–water partition coefficient (Wildman–Crippen LogP) is -0.508. The van der Waals surface area contributed by atoms with Crippen molar-refractivity contribution in [1.82, 2.24) is 19.4 Å². The van der Waals surface area contributed by atoms with E-state index in [1.165, 1.54) is 9.80 Å². The second-order valence-corrected chi connectivity index (χ2v) is 4.99. The summed E-state index contributed by atoms with van der Waals surface area (Å²) in [6.07, 6.45) is 2.68. The molecule has 2 rings (SSSR count). The SMILES string of the molecule is CN(Cc1nccn1C)C(=O)N1C[C@H](O)C[C@H]1C(=O)O. The number of hydrogen-bond acceptors (Lipinski definition) is 4. The van der Waals surface area contributed by atoms with Crippen LogP contribution in [-0.4, -0.2) is 67.3 Å². The average molecular weight is 282 g/mol. The molecule has 0 unspecified atom stereocenters. The van der Waals surface area contributed by atoms with Crippen molar-refractivity contribution in [3.8, 4) is 0 Å². The molecule has 110 valence electrons. The number of carbonyl (C=O) groups is 2. The molecular weight excluding hydrogens is 264 g/mol. The lowest BCUT2D eigenvalue weighted by atomic mass is 10.2. The van der Waals surface area contributed by atoms with E-state index in [1.807, 2.05) is 7.05 Å². The monoisotopic (exact) mass is 282 g/mol. The summed E-state index contributed by atoms with van der Waals surface area (Å²) in [6, 6.07) is -1.39. The van der Waals surface area contributed by atoms with Crippen LogP contribution < -0.4 is 0 Å². The molecule has 2 atom stereocenters. The van der Waals surface area contributed by atoms with Crippen molar-refractivity contribution in [1.29, 1.82) is 0 Å². The molecule has 2 heterocycles. The molecule has 0 bridgehead atoms. The molecule has 0 spiro atoms. The topological polar surface area (TPSA) is 98.9 Å². The largest absolute Gasteiger partial charge is 0.480 e. The van der Waals surface area contributed by atoms with Gasteiger partial charge in [-0.3, -0.25) is 0 Å². The summed E-state index contributed by atoms with van der Waals surface area (Å²) in [6.45, 7) is 0.321. The van der Waals surface area contributed by atoms with E-state index in [9.17, 15) is 14.7 Å². The molecule has 2 N–H and O–H groups in total. The number of carboxylic acid groups (broad SMARTS) is 1. The number of carbonyl (C=O) groups excluding carboxylic acids is 1. The maximum Gasteiger partial charge on any atom is 0.326 e. The van der Waals surface area contributed by atoms with Gasteiger partial charge in [0.25, 0.3) is 0 Å². The first-order valence-corrected chi connectivity index (χ1v) is 6.29. The molecule has 8 heteroatoms. The molecule has 1 aliphatic rings. The predicted molar refractivity (Wildman–Crippen MR) is 68.8 cm³/mol. The Bertz CT molecular complexity index is 515. The normalized spacial score (nSPS) is 22.1. The van der Waals surface area contributed by atoms with Crippen LogP contribution in [0.5, 0.6) is 0 Å². The van der Waals surface area contributed by atoms with E-state index in [0.29, 0.717) is 5.82 Å².